The first-order valence-corrected chi connectivity index (χ1v) is 3.88. The molecule has 0 aromatic rings. The number of carbonyl (C=O) groups is 2. The number of hydrogen-bond acceptors (Lipinski definition) is 2. The predicted molar refractivity (Wildman–Crippen MR) is 37.7 cm³/mol. The van der Waals surface area contributed by atoms with E-state index >= 15 is 0 Å². The van der Waals surface area contributed by atoms with E-state index in [1.54, 1.807) is 4.90 Å². The van der Waals surface area contributed by atoms with Crippen LogP contribution >= 0.6 is 0 Å². The molecule has 0 spiro atoms. The number of rotatable bonds is 0. The van der Waals surface area contributed by atoms with Crippen LogP contribution in [0.4, 0.5) is 0 Å². The van der Waals surface area contributed by atoms with E-state index < -0.39 is 5.91 Å². The smallest absolute Gasteiger partial charge is 0.312 e. The monoisotopic (exact) mass is 154 g/mol. The van der Waals surface area contributed by atoms with Gasteiger partial charge in [-0.05, 0) is 12.8 Å². The topological polar surface area (TPSA) is 49.4 Å². The van der Waals surface area contributed by atoms with Crippen LogP contribution in [0.1, 0.15) is 12.8 Å². The van der Waals surface area contributed by atoms with Crippen molar-refractivity contribution in [3.63, 3.8) is 0 Å². The Morgan fingerprint density at radius 2 is 2.27 bits per heavy atom. The van der Waals surface area contributed by atoms with Crippen LogP contribution in [0, 0.1) is 0 Å². The van der Waals surface area contributed by atoms with Crippen molar-refractivity contribution in [3.05, 3.63) is 0 Å². The predicted octanol–water partition coefficient (Wildman–Crippen LogP) is -0.893. The van der Waals surface area contributed by atoms with Gasteiger partial charge in [-0.2, -0.15) is 0 Å². The third-order valence-corrected chi connectivity index (χ3v) is 2.33. The zero-order valence-electron chi connectivity index (χ0n) is 6.17. The number of hydrogen-bond donors (Lipinski definition) is 1. The first-order chi connectivity index (χ1) is 5.29. The number of nitrogens with zero attached hydrogens (tertiary/aromatic N) is 1. The van der Waals surface area contributed by atoms with Crippen molar-refractivity contribution >= 4 is 11.8 Å². The van der Waals surface area contributed by atoms with E-state index in [0.29, 0.717) is 6.54 Å². The van der Waals surface area contributed by atoms with Crippen molar-refractivity contribution in [2.75, 3.05) is 13.1 Å². The van der Waals surface area contributed by atoms with Gasteiger partial charge in [0.1, 0.15) is 0 Å². The van der Waals surface area contributed by atoms with Crippen LogP contribution < -0.4 is 5.32 Å². The molecule has 2 aliphatic rings. The van der Waals surface area contributed by atoms with E-state index in [9.17, 15) is 9.59 Å². The molecule has 0 radical (unpaired) electrons. The molecule has 0 bridgehead atoms. The SMILES string of the molecule is O=C1NC[C@@H]2CCCN2C1=O. The van der Waals surface area contributed by atoms with Gasteiger partial charge >= 0.3 is 11.8 Å². The summed E-state index contributed by atoms with van der Waals surface area (Å²) in [5.74, 6) is -0.790. The maximum atomic E-state index is 11.1. The summed E-state index contributed by atoms with van der Waals surface area (Å²) >= 11 is 0. The highest BCUT2D eigenvalue weighted by Gasteiger charge is 2.36. The second kappa shape index (κ2) is 2.22. The summed E-state index contributed by atoms with van der Waals surface area (Å²) in [7, 11) is 0. The molecule has 0 aromatic carbocycles. The van der Waals surface area contributed by atoms with Gasteiger partial charge in [-0.15, -0.1) is 0 Å². The molecule has 4 heteroatoms. The molecule has 2 amide bonds. The van der Waals surface area contributed by atoms with E-state index in [2.05, 4.69) is 5.32 Å². The van der Waals surface area contributed by atoms with Gasteiger partial charge in [-0.1, -0.05) is 0 Å². The van der Waals surface area contributed by atoms with Crippen molar-refractivity contribution in [3.8, 4) is 0 Å². The summed E-state index contributed by atoms with van der Waals surface area (Å²) < 4.78 is 0. The second-order valence-corrected chi connectivity index (χ2v) is 3.00. The fraction of sp³-hybridized carbons (Fsp3) is 0.714. The van der Waals surface area contributed by atoms with Gasteiger partial charge < -0.3 is 10.2 Å². The van der Waals surface area contributed by atoms with Crippen LogP contribution in [-0.4, -0.2) is 35.8 Å². The average molecular weight is 154 g/mol. The fourth-order valence-electron chi connectivity index (χ4n) is 1.73. The highest BCUT2D eigenvalue weighted by atomic mass is 16.2. The molecular weight excluding hydrogens is 144 g/mol. The minimum Gasteiger partial charge on any atom is -0.346 e. The molecule has 1 N–H and O–H groups in total. The maximum absolute atomic E-state index is 11.1. The molecule has 2 heterocycles. The van der Waals surface area contributed by atoms with E-state index in [-0.39, 0.29) is 11.9 Å². The fourth-order valence-corrected chi connectivity index (χ4v) is 1.73. The summed E-state index contributed by atoms with van der Waals surface area (Å²) in [6.07, 6.45) is 2.07. The highest BCUT2D eigenvalue weighted by Crippen LogP contribution is 2.18. The first-order valence-electron chi connectivity index (χ1n) is 3.88. The van der Waals surface area contributed by atoms with E-state index in [1.165, 1.54) is 0 Å². The number of piperazine rings is 1. The summed E-state index contributed by atoms with van der Waals surface area (Å²) in [5.41, 5.74) is 0. The lowest BCUT2D eigenvalue weighted by Gasteiger charge is -2.28. The Morgan fingerprint density at radius 3 is 3.09 bits per heavy atom. The third-order valence-electron chi connectivity index (χ3n) is 2.33. The zero-order valence-corrected chi connectivity index (χ0v) is 6.17. The highest BCUT2D eigenvalue weighted by molar-refractivity contribution is 6.35. The summed E-state index contributed by atoms with van der Waals surface area (Å²) in [6.45, 7) is 1.40. The lowest BCUT2D eigenvalue weighted by Crippen LogP contribution is -2.55. The largest absolute Gasteiger partial charge is 0.346 e. The first kappa shape index (κ1) is 6.64. The van der Waals surface area contributed by atoms with Crippen LogP contribution in [0.15, 0.2) is 0 Å². The Labute approximate surface area is 64.5 Å². The van der Waals surface area contributed by atoms with Gasteiger partial charge in [0.25, 0.3) is 0 Å². The molecule has 2 fully saturated rings. The molecule has 4 nitrogen and oxygen atoms in total. The number of nitrogens with one attached hydrogen (secondary N) is 1. The third kappa shape index (κ3) is 0.895. The van der Waals surface area contributed by atoms with Crippen LogP contribution in [0.25, 0.3) is 0 Å². The molecule has 0 saturated carbocycles. The molecular formula is C7H10N2O2. The van der Waals surface area contributed by atoms with E-state index in [0.717, 1.165) is 19.4 Å². The van der Waals surface area contributed by atoms with Crippen LogP contribution in [0.3, 0.4) is 0 Å². The Bertz CT molecular complexity index is 214. The van der Waals surface area contributed by atoms with Crippen LogP contribution in [0.2, 0.25) is 0 Å². The normalized spacial score (nSPS) is 30.2. The van der Waals surface area contributed by atoms with Crippen molar-refractivity contribution in [2.24, 2.45) is 0 Å². The Hall–Kier alpha value is -1.06. The quantitative estimate of drug-likeness (QED) is 0.460. The Kier molecular flexibility index (Phi) is 1.34. The number of carbonyl (C=O) groups excluding carboxylic acids is 2. The van der Waals surface area contributed by atoms with Crippen molar-refractivity contribution in [1.29, 1.82) is 0 Å². The minimum absolute atomic E-state index is 0.278. The minimum atomic E-state index is -0.442. The molecule has 1 atom stereocenters. The molecule has 11 heavy (non-hydrogen) atoms. The Balaban J connectivity index is 2.18. The van der Waals surface area contributed by atoms with Gasteiger partial charge in [-0.3, -0.25) is 9.59 Å². The van der Waals surface area contributed by atoms with Gasteiger partial charge in [0.2, 0.25) is 0 Å². The number of amides is 2. The van der Waals surface area contributed by atoms with Crippen molar-refractivity contribution in [2.45, 2.75) is 18.9 Å². The van der Waals surface area contributed by atoms with Crippen molar-refractivity contribution in [1.82, 2.24) is 10.2 Å². The van der Waals surface area contributed by atoms with Crippen LogP contribution in [-0.2, 0) is 9.59 Å². The molecule has 0 aromatic heterocycles. The number of fused-ring (bicyclic) bond motifs is 1. The average Bonchev–Trinajstić information content (AvgIpc) is 2.45. The van der Waals surface area contributed by atoms with Gasteiger partial charge in [0.05, 0.1) is 0 Å². The summed E-state index contributed by atoms with van der Waals surface area (Å²) in [6, 6.07) is 0.278. The van der Waals surface area contributed by atoms with Crippen molar-refractivity contribution < 1.29 is 9.59 Å². The van der Waals surface area contributed by atoms with E-state index in [4.69, 9.17) is 0 Å². The lowest BCUT2D eigenvalue weighted by atomic mass is 10.2. The standard InChI is InChI=1S/C7H10N2O2/c10-6-7(11)9-3-1-2-5(9)4-8-6/h5H,1-4H2,(H,8,10)/t5-/m0/s1. The molecule has 2 rings (SSSR count). The van der Waals surface area contributed by atoms with Gasteiger partial charge in [-0.25, -0.2) is 0 Å². The van der Waals surface area contributed by atoms with E-state index in [1.807, 2.05) is 0 Å². The lowest BCUT2D eigenvalue weighted by molar-refractivity contribution is -0.149. The summed E-state index contributed by atoms with van der Waals surface area (Å²) in [4.78, 5) is 23.6. The molecule has 60 valence electrons. The molecule has 2 saturated heterocycles. The molecule has 0 unspecified atom stereocenters. The molecule has 0 aliphatic carbocycles. The second-order valence-electron chi connectivity index (χ2n) is 3.00. The summed E-state index contributed by atoms with van der Waals surface area (Å²) in [5, 5.41) is 2.57. The Morgan fingerprint density at radius 1 is 1.45 bits per heavy atom. The zero-order chi connectivity index (χ0) is 7.84. The molecule has 2 aliphatic heterocycles. The maximum Gasteiger partial charge on any atom is 0.312 e. The van der Waals surface area contributed by atoms with Gasteiger partial charge in [0.15, 0.2) is 0 Å². The van der Waals surface area contributed by atoms with Gasteiger partial charge in [0, 0.05) is 19.1 Å². The van der Waals surface area contributed by atoms with Crippen LogP contribution in [0.5, 0.6) is 0 Å².